The van der Waals surface area contributed by atoms with Gasteiger partial charge in [-0.25, -0.2) is 19.7 Å². The number of hydrogen-bond donors (Lipinski definition) is 3. The molecule has 0 aliphatic rings. The smallest absolute Gasteiger partial charge is 0.324 e. The van der Waals surface area contributed by atoms with Crippen molar-refractivity contribution >= 4 is 56.2 Å². The number of aryl methyl sites for hydroxylation is 2. The van der Waals surface area contributed by atoms with E-state index in [0.717, 1.165) is 22.6 Å². The predicted molar refractivity (Wildman–Crippen MR) is 145 cm³/mol. The maximum Gasteiger partial charge on any atom is 0.324 e. The van der Waals surface area contributed by atoms with E-state index in [0.29, 0.717) is 44.7 Å². The maximum atomic E-state index is 12.4. The Kier molecular flexibility index (Phi) is 6.69. The Morgan fingerprint density at radius 3 is 2.35 bits per heavy atom. The van der Waals surface area contributed by atoms with Gasteiger partial charge in [0.1, 0.15) is 17.4 Å². The van der Waals surface area contributed by atoms with Crippen molar-refractivity contribution in [1.29, 1.82) is 0 Å². The fraction of sp³-hybridized carbons (Fsp3) is 0.115. The molecule has 0 atom stereocenters. The molecule has 0 radical (unpaired) electrons. The van der Waals surface area contributed by atoms with Crippen molar-refractivity contribution in [2.24, 2.45) is 0 Å². The molecule has 0 spiro atoms. The highest BCUT2D eigenvalue weighted by molar-refractivity contribution is 9.10. The number of nitrogens with zero attached hydrogens (tertiary/aromatic N) is 4. The first kappa shape index (κ1) is 24.2. The van der Waals surface area contributed by atoms with Crippen molar-refractivity contribution in [3.05, 3.63) is 76.7 Å². The molecule has 37 heavy (non-hydrogen) atoms. The van der Waals surface area contributed by atoms with Crippen molar-refractivity contribution in [3.63, 3.8) is 0 Å². The lowest BCUT2D eigenvalue weighted by Crippen LogP contribution is -2.20. The first-order chi connectivity index (χ1) is 17.9. The van der Waals surface area contributed by atoms with E-state index in [1.165, 1.54) is 0 Å². The van der Waals surface area contributed by atoms with Gasteiger partial charge in [0, 0.05) is 23.1 Å². The largest absolute Gasteiger partial charge is 0.497 e. The molecule has 3 aromatic heterocycles. The zero-order chi connectivity index (χ0) is 25.9. The molecule has 5 aromatic rings. The highest BCUT2D eigenvalue weighted by Crippen LogP contribution is 2.30. The highest BCUT2D eigenvalue weighted by Gasteiger charge is 2.16. The Morgan fingerprint density at radius 2 is 1.65 bits per heavy atom. The van der Waals surface area contributed by atoms with E-state index in [2.05, 4.69) is 51.8 Å². The number of benzene rings is 2. The van der Waals surface area contributed by atoms with Gasteiger partial charge >= 0.3 is 6.03 Å². The van der Waals surface area contributed by atoms with Gasteiger partial charge < -0.3 is 19.8 Å². The second kappa shape index (κ2) is 10.2. The molecule has 0 unspecified atom stereocenters. The fourth-order valence-corrected chi connectivity index (χ4v) is 4.10. The number of nitrogens with one attached hydrogen (secondary N) is 3. The number of halogens is 1. The van der Waals surface area contributed by atoms with Crippen molar-refractivity contribution in [3.8, 4) is 17.2 Å². The molecule has 5 rings (SSSR count). The van der Waals surface area contributed by atoms with E-state index in [1.54, 1.807) is 32.4 Å². The third-order valence-electron chi connectivity index (χ3n) is 5.32. The van der Waals surface area contributed by atoms with Crippen LogP contribution in [0.25, 0.3) is 22.7 Å². The molecule has 0 fully saturated rings. The maximum absolute atomic E-state index is 12.4. The van der Waals surface area contributed by atoms with Gasteiger partial charge in [0.15, 0.2) is 11.3 Å². The molecule has 2 amide bonds. The molecule has 0 aliphatic heterocycles. The number of anilines is 4. The second-order valence-corrected chi connectivity index (χ2v) is 9.00. The topological polar surface area (TPSA) is 127 Å². The van der Waals surface area contributed by atoms with Crippen molar-refractivity contribution in [2.75, 3.05) is 23.1 Å². The minimum atomic E-state index is -0.403. The summed E-state index contributed by atoms with van der Waals surface area (Å²) in [6.45, 7) is 3.71. The standard InChI is InChI=1S/C26H22BrN7O3/c1-14-12-20(27)22(28-13-14)34-26(35)32-18-8-6-17(7-9-18)31-23-21-25(30-15(2)29-23)37-24(33-21)16-4-10-19(36-3)11-5-16/h4-13H,1-3H3,(H,29,30,31)(H2,28,32,34,35). The molecule has 2 aromatic carbocycles. The molecular formula is C26H22BrN7O3. The molecule has 0 saturated carbocycles. The number of rotatable bonds is 6. The van der Waals surface area contributed by atoms with Crippen molar-refractivity contribution < 1.29 is 13.9 Å². The Morgan fingerprint density at radius 1 is 0.919 bits per heavy atom. The lowest BCUT2D eigenvalue weighted by Gasteiger charge is -2.10. The molecule has 10 nitrogen and oxygen atoms in total. The van der Waals surface area contributed by atoms with E-state index in [-0.39, 0.29) is 0 Å². The molecule has 0 saturated heterocycles. The van der Waals surface area contributed by atoms with Crippen LogP contribution in [-0.2, 0) is 0 Å². The van der Waals surface area contributed by atoms with Crippen LogP contribution in [0.4, 0.5) is 27.8 Å². The molecule has 0 bridgehead atoms. The van der Waals surface area contributed by atoms with Crippen LogP contribution in [0.5, 0.6) is 5.75 Å². The van der Waals surface area contributed by atoms with Crippen LogP contribution >= 0.6 is 15.9 Å². The molecular weight excluding hydrogens is 538 g/mol. The minimum absolute atomic E-state index is 0.381. The summed E-state index contributed by atoms with van der Waals surface area (Å²) < 4.78 is 11.8. The molecule has 3 N–H and O–H groups in total. The van der Waals surface area contributed by atoms with Crippen LogP contribution in [0, 0.1) is 13.8 Å². The SMILES string of the molecule is COc1ccc(-c2nc3c(Nc4ccc(NC(=O)Nc5ncc(C)cc5Br)cc4)nc(C)nc3o2)cc1. The number of aromatic nitrogens is 4. The Bertz CT molecular complexity index is 1590. The van der Waals surface area contributed by atoms with E-state index in [1.807, 2.05) is 49.4 Å². The van der Waals surface area contributed by atoms with E-state index in [9.17, 15) is 4.79 Å². The number of methoxy groups -OCH3 is 1. The van der Waals surface area contributed by atoms with Gasteiger partial charge in [-0.15, -0.1) is 0 Å². The summed E-state index contributed by atoms with van der Waals surface area (Å²) in [7, 11) is 1.62. The number of urea groups is 1. The zero-order valence-electron chi connectivity index (χ0n) is 20.2. The van der Waals surface area contributed by atoms with Crippen LogP contribution in [0.2, 0.25) is 0 Å². The van der Waals surface area contributed by atoms with Crippen LogP contribution in [0.3, 0.4) is 0 Å². The number of hydrogen-bond acceptors (Lipinski definition) is 8. The molecule has 3 heterocycles. The summed E-state index contributed by atoms with van der Waals surface area (Å²) in [5.41, 5.74) is 4.03. The summed E-state index contributed by atoms with van der Waals surface area (Å²) in [6, 6.07) is 16.1. The van der Waals surface area contributed by atoms with E-state index in [4.69, 9.17) is 9.15 Å². The van der Waals surface area contributed by atoms with E-state index >= 15 is 0 Å². The number of carbonyl (C=O) groups excluding carboxylic acids is 1. The summed E-state index contributed by atoms with van der Waals surface area (Å²) in [4.78, 5) is 30.1. The Labute approximate surface area is 220 Å². The van der Waals surface area contributed by atoms with Crippen LogP contribution in [0.15, 0.2) is 69.7 Å². The quantitative estimate of drug-likeness (QED) is 0.216. The lowest BCUT2D eigenvalue weighted by atomic mass is 10.2. The van der Waals surface area contributed by atoms with Gasteiger partial charge in [0.25, 0.3) is 5.71 Å². The Balaban J connectivity index is 1.31. The lowest BCUT2D eigenvalue weighted by molar-refractivity contribution is 0.262. The zero-order valence-corrected chi connectivity index (χ0v) is 21.8. The van der Waals surface area contributed by atoms with Crippen LogP contribution in [-0.4, -0.2) is 33.1 Å². The van der Waals surface area contributed by atoms with E-state index < -0.39 is 6.03 Å². The number of oxazole rings is 1. The number of pyridine rings is 1. The summed E-state index contributed by atoms with van der Waals surface area (Å²) in [6.07, 6.45) is 1.68. The predicted octanol–water partition coefficient (Wildman–Crippen LogP) is 6.46. The first-order valence-electron chi connectivity index (χ1n) is 11.2. The van der Waals surface area contributed by atoms with Crippen LogP contribution < -0.4 is 20.7 Å². The Hall–Kier alpha value is -4.51. The van der Waals surface area contributed by atoms with Gasteiger partial charge in [0.2, 0.25) is 5.89 Å². The van der Waals surface area contributed by atoms with Crippen molar-refractivity contribution in [2.45, 2.75) is 13.8 Å². The second-order valence-electron chi connectivity index (χ2n) is 8.15. The third-order valence-corrected chi connectivity index (χ3v) is 5.93. The summed E-state index contributed by atoms with van der Waals surface area (Å²) >= 11 is 3.40. The van der Waals surface area contributed by atoms with Gasteiger partial charge in [-0.05, 0) is 89.9 Å². The summed E-state index contributed by atoms with van der Waals surface area (Å²) in [5, 5.41) is 8.78. The molecule has 0 aliphatic carbocycles. The minimum Gasteiger partial charge on any atom is -0.497 e. The van der Waals surface area contributed by atoms with Gasteiger partial charge in [-0.1, -0.05) is 0 Å². The fourth-order valence-electron chi connectivity index (χ4n) is 3.54. The van der Waals surface area contributed by atoms with Crippen molar-refractivity contribution in [1.82, 2.24) is 19.9 Å². The number of ether oxygens (including phenoxy) is 1. The molecule has 186 valence electrons. The number of fused-ring (bicyclic) bond motifs is 1. The average Bonchev–Trinajstić information content (AvgIpc) is 3.31. The monoisotopic (exact) mass is 559 g/mol. The third kappa shape index (κ3) is 5.51. The van der Waals surface area contributed by atoms with Gasteiger partial charge in [0.05, 0.1) is 11.6 Å². The van der Waals surface area contributed by atoms with Gasteiger partial charge in [-0.2, -0.15) is 4.98 Å². The molecule has 11 heteroatoms. The average molecular weight is 560 g/mol. The summed E-state index contributed by atoms with van der Waals surface area (Å²) in [5.74, 6) is 2.66. The normalized spacial score (nSPS) is 10.8. The number of carbonyl (C=O) groups is 1. The number of amides is 2. The van der Waals surface area contributed by atoms with Gasteiger partial charge in [-0.3, -0.25) is 5.32 Å². The first-order valence-corrected chi connectivity index (χ1v) is 12.0. The van der Waals surface area contributed by atoms with Crippen LogP contribution in [0.1, 0.15) is 11.4 Å². The highest BCUT2D eigenvalue weighted by atomic mass is 79.9.